The third-order valence-corrected chi connectivity index (χ3v) is 6.32. The third kappa shape index (κ3) is 4.05. The van der Waals surface area contributed by atoms with Crippen LogP contribution in [0.3, 0.4) is 0 Å². The van der Waals surface area contributed by atoms with E-state index in [0.717, 1.165) is 38.7 Å². The molecule has 33 heavy (non-hydrogen) atoms. The molecular formula is C26H21ClN2O4. The van der Waals surface area contributed by atoms with Gasteiger partial charge in [0.1, 0.15) is 12.6 Å². The van der Waals surface area contributed by atoms with E-state index in [1.807, 2.05) is 42.5 Å². The quantitative estimate of drug-likeness (QED) is 0.361. The number of carboxylic acid groups (broad SMARTS) is 1. The highest BCUT2D eigenvalue weighted by atomic mass is 35.5. The predicted molar refractivity (Wildman–Crippen MR) is 127 cm³/mol. The Morgan fingerprint density at radius 1 is 1.03 bits per heavy atom. The summed E-state index contributed by atoms with van der Waals surface area (Å²) < 4.78 is 5.50. The van der Waals surface area contributed by atoms with Gasteiger partial charge in [0.15, 0.2) is 0 Å². The Kier molecular flexibility index (Phi) is 5.52. The summed E-state index contributed by atoms with van der Waals surface area (Å²) in [5.74, 6) is -1.23. The molecule has 1 aliphatic carbocycles. The molecule has 0 saturated carbocycles. The first-order chi connectivity index (χ1) is 16.0. The molecule has 1 unspecified atom stereocenters. The third-order valence-electron chi connectivity index (χ3n) is 6.09. The van der Waals surface area contributed by atoms with Crippen LogP contribution in [0, 0.1) is 0 Å². The average molecular weight is 461 g/mol. The van der Waals surface area contributed by atoms with Crippen molar-refractivity contribution in [2.75, 3.05) is 6.61 Å². The number of aliphatic carboxylic acids is 1. The van der Waals surface area contributed by atoms with E-state index in [2.05, 4.69) is 22.4 Å². The molecule has 3 aromatic carbocycles. The Balaban J connectivity index is 1.29. The molecule has 7 heteroatoms. The van der Waals surface area contributed by atoms with Crippen molar-refractivity contribution in [2.45, 2.75) is 18.4 Å². The van der Waals surface area contributed by atoms with E-state index in [-0.39, 0.29) is 18.9 Å². The van der Waals surface area contributed by atoms with Gasteiger partial charge in [0.2, 0.25) is 0 Å². The number of carboxylic acids is 1. The summed E-state index contributed by atoms with van der Waals surface area (Å²) in [6.45, 7) is 0.120. The first-order valence-electron chi connectivity index (χ1n) is 10.6. The van der Waals surface area contributed by atoms with E-state index >= 15 is 0 Å². The zero-order valence-corrected chi connectivity index (χ0v) is 18.3. The number of aromatic nitrogens is 1. The average Bonchev–Trinajstić information content (AvgIpc) is 3.35. The van der Waals surface area contributed by atoms with Crippen LogP contribution in [-0.4, -0.2) is 34.8 Å². The number of ether oxygens (including phenoxy) is 1. The van der Waals surface area contributed by atoms with Crippen LogP contribution in [0.15, 0.2) is 72.9 Å². The molecule has 6 nitrogen and oxygen atoms in total. The van der Waals surface area contributed by atoms with Crippen LogP contribution in [0.4, 0.5) is 4.79 Å². The fourth-order valence-electron chi connectivity index (χ4n) is 4.52. The standard InChI is InChI=1S/C26H21ClN2O4/c27-16-9-10-23-21(12-16)15(13-28-23)11-24(25(30)31)29-26(32)33-14-22-19-7-3-1-5-17(19)18-6-2-4-8-20(18)22/h1-10,12-13,22,24,28H,11,14H2,(H,29,32)(H,30,31). The molecule has 5 rings (SSSR count). The van der Waals surface area contributed by atoms with Crippen molar-refractivity contribution in [1.82, 2.24) is 10.3 Å². The maximum Gasteiger partial charge on any atom is 0.407 e. The summed E-state index contributed by atoms with van der Waals surface area (Å²) in [5, 5.41) is 13.6. The molecule has 1 aliphatic rings. The van der Waals surface area contributed by atoms with Gasteiger partial charge < -0.3 is 20.1 Å². The number of halogens is 1. The highest BCUT2D eigenvalue weighted by molar-refractivity contribution is 6.31. The largest absolute Gasteiger partial charge is 0.480 e. The maximum absolute atomic E-state index is 12.6. The first-order valence-corrected chi connectivity index (χ1v) is 11.0. The highest BCUT2D eigenvalue weighted by Crippen LogP contribution is 2.44. The lowest BCUT2D eigenvalue weighted by Crippen LogP contribution is -2.42. The number of alkyl carbamates (subject to hydrolysis) is 1. The van der Waals surface area contributed by atoms with Gasteiger partial charge in [-0.05, 0) is 46.0 Å². The summed E-state index contributed by atoms with van der Waals surface area (Å²) in [6, 6.07) is 20.3. The van der Waals surface area contributed by atoms with Gasteiger partial charge in [-0.1, -0.05) is 60.1 Å². The van der Waals surface area contributed by atoms with Gasteiger partial charge in [-0.25, -0.2) is 9.59 Å². The van der Waals surface area contributed by atoms with Gasteiger partial charge in [-0.2, -0.15) is 0 Å². The molecule has 3 N–H and O–H groups in total. The van der Waals surface area contributed by atoms with Crippen LogP contribution in [0.25, 0.3) is 22.0 Å². The normalized spacial score (nSPS) is 13.4. The van der Waals surface area contributed by atoms with Crippen molar-refractivity contribution in [3.8, 4) is 11.1 Å². The molecule has 0 radical (unpaired) electrons. The zero-order chi connectivity index (χ0) is 22.9. The van der Waals surface area contributed by atoms with Gasteiger partial charge in [0, 0.05) is 34.5 Å². The van der Waals surface area contributed by atoms with Crippen molar-refractivity contribution >= 4 is 34.6 Å². The second-order valence-corrected chi connectivity index (χ2v) is 8.51. The van der Waals surface area contributed by atoms with Crippen LogP contribution in [0.2, 0.25) is 5.02 Å². The number of rotatable bonds is 6. The summed E-state index contributed by atoms with van der Waals surface area (Å²) in [5.41, 5.74) is 6.04. The monoisotopic (exact) mass is 460 g/mol. The van der Waals surface area contributed by atoms with E-state index in [0.29, 0.717) is 5.02 Å². The van der Waals surface area contributed by atoms with Crippen molar-refractivity contribution in [2.24, 2.45) is 0 Å². The minimum Gasteiger partial charge on any atom is -0.480 e. The first kappa shape index (κ1) is 21.1. The molecule has 0 saturated heterocycles. The van der Waals surface area contributed by atoms with E-state index in [9.17, 15) is 14.7 Å². The van der Waals surface area contributed by atoms with Crippen LogP contribution >= 0.6 is 11.6 Å². The number of fused-ring (bicyclic) bond motifs is 4. The molecule has 1 atom stereocenters. The van der Waals surface area contributed by atoms with Crippen LogP contribution in [0.5, 0.6) is 0 Å². The lowest BCUT2D eigenvalue weighted by Gasteiger charge is -2.17. The maximum atomic E-state index is 12.6. The van der Waals surface area contributed by atoms with Crippen molar-refractivity contribution < 1.29 is 19.4 Å². The number of carbonyl (C=O) groups is 2. The number of hydrogen-bond acceptors (Lipinski definition) is 3. The van der Waals surface area contributed by atoms with E-state index < -0.39 is 18.1 Å². The Hall–Kier alpha value is -3.77. The molecule has 4 aromatic rings. The highest BCUT2D eigenvalue weighted by Gasteiger charge is 2.30. The summed E-state index contributed by atoms with van der Waals surface area (Å²) in [7, 11) is 0. The van der Waals surface area contributed by atoms with Gasteiger partial charge in [0.25, 0.3) is 0 Å². The molecule has 0 fully saturated rings. The number of hydrogen-bond donors (Lipinski definition) is 3. The second kappa shape index (κ2) is 8.64. The molecule has 1 heterocycles. The number of aromatic amines is 1. The van der Waals surface area contributed by atoms with Gasteiger partial charge in [-0.3, -0.25) is 0 Å². The van der Waals surface area contributed by atoms with Crippen molar-refractivity contribution in [1.29, 1.82) is 0 Å². The Morgan fingerprint density at radius 2 is 1.70 bits per heavy atom. The topological polar surface area (TPSA) is 91.4 Å². The lowest BCUT2D eigenvalue weighted by molar-refractivity contribution is -0.139. The molecule has 166 valence electrons. The van der Waals surface area contributed by atoms with Crippen LogP contribution in [-0.2, 0) is 16.0 Å². The number of amides is 1. The van der Waals surface area contributed by atoms with Crippen molar-refractivity contribution in [3.63, 3.8) is 0 Å². The van der Waals surface area contributed by atoms with E-state index in [4.69, 9.17) is 16.3 Å². The zero-order valence-electron chi connectivity index (χ0n) is 17.5. The number of H-pyrrole nitrogens is 1. The van der Waals surface area contributed by atoms with Crippen molar-refractivity contribution in [3.05, 3.63) is 94.6 Å². The van der Waals surface area contributed by atoms with E-state index in [1.165, 1.54) is 0 Å². The molecule has 0 aliphatic heterocycles. The van der Waals surface area contributed by atoms with Gasteiger partial charge >= 0.3 is 12.1 Å². The van der Waals surface area contributed by atoms with Crippen LogP contribution < -0.4 is 5.32 Å². The Bertz CT molecular complexity index is 1320. The molecule has 1 aromatic heterocycles. The van der Waals surface area contributed by atoms with Gasteiger partial charge in [0.05, 0.1) is 0 Å². The summed E-state index contributed by atoms with van der Waals surface area (Å²) in [6.07, 6.45) is 1.07. The number of carbonyl (C=O) groups excluding carboxylic acids is 1. The summed E-state index contributed by atoms with van der Waals surface area (Å²) in [4.78, 5) is 27.5. The molecule has 1 amide bonds. The number of benzene rings is 3. The Morgan fingerprint density at radius 3 is 2.36 bits per heavy atom. The second-order valence-electron chi connectivity index (χ2n) is 8.07. The lowest BCUT2D eigenvalue weighted by atomic mass is 9.98. The van der Waals surface area contributed by atoms with Gasteiger partial charge in [-0.15, -0.1) is 0 Å². The minimum atomic E-state index is -1.14. The van der Waals surface area contributed by atoms with E-state index in [1.54, 1.807) is 18.3 Å². The Labute approximate surface area is 195 Å². The smallest absolute Gasteiger partial charge is 0.407 e. The fraction of sp³-hybridized carbons (Fsp3) is 0.154. The summed E-state index contributed by atoms with van der Waals surface area (Å²) >= 11 is 6.09. The predicted octanol–water partition coefficient (Wildman–Crippen LogP) is 5.36. The molecular weight excluding hydrogens is 440 g/mol. The fourth-order valence-corrected chi connectivity index (χ4v) is 4.69. The molecule has 0 bridgehead atoms. The molecule has 0 spiro atoms. The number of nitrogens with one attached hydrogen (secondary N) is 2. The van der Waals surface area contributed by atoms with Crippen LogP contribution in [0.1, 0.15) is 22.6 Å². The SMILES string of the molecule is O=C(NC(Cc1c[nH]c2ccc(Cl)cc12)C(=O)O)OCC1c2ccccc2-c2ccccc21. The minimum absolute atomic E-state index is 0.0952.